The van der Waals surface area contributed by atoms with E-state index < -0.39 is 0 Å². The van der Waals surface area contributed by atoms with Gasteiger partial charge in [0.25, 0.3) is 0 Å². The lowest BCUT2D eigenvalue weighted by Gasteiger charge is -2.32. The van der Waals surface area contributed by atoms with E-state index in [1.807, 2.05) is 48.7 Å². The molecule has 0 saturated carbocycles. The van der Waals surface area contributed by atoms with Gasteiger partial charge in [0.1, 0.15) is 11.5 Å². The van der Waals surface area contributed by atoms with Crippen LogP contribution in [0.5, 0.6) is 0 Å². The molecule has 2 aliphatic rings. The molecule has 180 valence electrons. The zero-order chi connectivity index (χ0) is 24.3. The summed E-state index contributed by atoms with van der Waals surface area (Å²) in [5.41, 5.74) is 4.33. The largest absolute Gasteiger partial charge is 0.379 e. The Bertz CT molecular complexity index is 1420. The number of aromatic nitrogens is 6. The minimum absolute atomic E-state index is 0.152. The fourth-order valence-electron chi connectivity index (χ4n) is 4.31. The lowest BCUT2D eigenvalue weighted by molar-refractivity contribution is 0.195. The van der Waals surface area contributed by atoms with Crippen LogP contribution in [0.25, 0.3) is 22.6 Å². The standard InChI is InChI=1S/C26H25N9O/c27-14-18-4-1-5-19(12-18)22-13-23(31-26(30-22)29-21-8-11-36-17-21)24-16-35(33-32-24)15-20-6-2-7-25(28-20)34-9-3-10-34/h1-2,4-7,12-13,16,21H,3,8-11,15,17H2,(H,29,30,31)/t21-/m0/s1. The van der Waals surface area contributed by atoms with Gasteiger partial charge in [-0.2, -0.15) is 5.26 Å². The van der Waals surface area contributed by atoms with Crippen LogP contribution in [-0.4, -0.2) is 62.3 Å². The fraction of sp³-hybridized carbons (Fsp3) is 0.308. The summed E-state index contributed by atoms with van der Waals surface area (Å²) in [6, 6.07) is 17.7. The maximum Gasteiger partial charge on any atom is 0.224 e. The van der Waals surface area contributed by atoms with Gasteiger partial charge < -0.3 is 15.0 Å². The molecule has 0 amide bonds. The van der Waals surface area contributed by atoms with E-state index in [-0.39, 0.29) is 6.04 Å². The van der Waals surface area contributed by atoms with E-state index in [0.29, 0.717) is 41.7 Å². The van der Waals surface area contributed by atoms with Crippen molar-refractivity contribution in [3.63, 3.8) is 0 Å². The van der Waals surface area contributed by atoms with Gasteiger partial charge in [-0.05, 0) is 43.2 Å². The topological polar surface area (TPSA) is 118 Å². The average Bonchev–Trinajstić information content (AvgIpc) is 3.56. The second kappa shape index (κ2) is 9.71. The van der Waals surface area contributed by atoms with Crippen molar-refractivity contribution < 1.29 is 4.74 Å². The summed E-state index contributed by atoms with van der Waals surface area (Å²) < 4.78 is 7.27. The maximum atomic E-state index is 9.34. The Morgan fingerprint density at radius 1 is 1.03 bits per heavy atom. The Morgan fingerprint density at radius 3 is 2.72 bits per heavy atom. The van der Waals surface area contributed by atoms with Crippen molar-refractivity contribution in [2.24, 2.45) is 0 Å². The van der Waals surface area contributed by atoms with Crippen LogP contribution in [0.2, 0.25) is 0 Å². The molecule has 4 aromatic rings. The summed E-state index contributed by atoms with van der Waals surface area (Å²) in [5, 5.41) is 21.4. The third kappa shape index (κ3) is 4.74. The summed E-state index contributed by atoms with van der Waals surface area (Å²) in [5.74, 6) is 1.50. The minimum atomic E-state index is 0.152. The first kappa shape index (κ1) is 22.1. The second-order valence-electron chi connectivity index (χ2n) is 8.99. The van der Waals surface area contributed by atoms with Crippen molar-refractivity contribution in [2.75, 3.05) is 36.5 Å². The Morgan fingerprint density at radius 2 is 1.92 bits per heavy atom. The van der Waals surface area contributed by atoms with Crippen LogP contribution in [0, 0.1) is 11.3 Å². The molecule has 2 aliphatic heterocycles. The van der Waals surface area contributed by atoms with Crippen molar-refractivity contribution >= 4 is 11.8 Å². The van der Waals surface area contributed by atoms with Crippen molar-refractivity contribution in [2.45, 2.75) is 25.4 Å². The van der Waals surface area contributed by atoms with Crippen LogP contribution in [0.3, 0.4) is 0 Å². The number of nitrogens with zero attached hydrogens (tertiary/aromatic N) is 8. The third-order valence-corrected chi connectivity index (χ3v) is 6.37. The third-order valence-electron chi connectivity index (χ3n) is 6.37. The summed E-state index contributed by atoms with van der Waals surface area (Å²) in [6.07, 6.45) is 3.98. The maximum absolute atomic E-state index is 9.34. The molecule has 10 nitrogen and oxygen atoms in total. The first-order chi connectivity index (χ1) is 17.7. The van der Waals surface area contributed by atoms with Gasteiger partial charge in [0.05, 0.1) is 54.1 Å². The van der Waals surface area contributed by atoms with Crippen LogP contribution in [-0.2, 0) is 11.3 Å². The Hall–Kier alpha value is -4.36. The Kier molecular flexibility index (Phi) is 5.97. The molecule has 0 bridgehead atoms. The highest BCUT2D eigenvalue weighted by Crippen LogP contribution is 2.26. The highest BCUT2D eigenvalue weighted by Gasteiger charge is 2.19. The number of ether oxygens (including phenoxy) is 1. The molecule has 2 fully saturated rings. The number of pyridine rings is 1. The Balaban J connectivity index is 1.30. The number of rotatable bonds is 7. The van der Waals surface area contributed by atoms with Crippen LogP contribution in [0.4, 0.5) is 11.8 Å². The molecule has 1 aromatic carbocycles. The van der Waals surface area contributed by atoms with Crippen molar-refractivity contribution in [1.82, 2.24) is 29.9 Å². The molecule has 10 heteroatoms. The number of nitrogens with one attached hydrogen (secondary N) is 1. The number of anilines is 2. The predicted molar refractivity (Wildman–Crippen MR) is 134 cm³/mol. The van der Waals surface area contributed by atoms with E-state index in [2.05, 4.69) is 26.6 Å². The molecule has 5 heterocycles. The Labute approximate surface area is 208 Å². The van der Waals surface area contributed by atoms with Gasteiger partial charge in [-0.3, -0.25) is 0 Å². The van der Waals surface area contributed by atoms with Crippen molar-refractivity contribution in [1.29, 1.82) is 5.26 Å². The number of hydrogen-bond donors (Lipinski definition) is 1. The van der Waals surface area contributed by atoms with Gasteiger partial charge in [-0.25, -0.2) is 19.6 Å². The van der Waals surface area contributed by atoms with Crippen LogP contribution in [0.1, 0.15) is 24.1 Å². The highest BCUT2D eigenvalue weighted by atomic mass is 16.5. The number of hydrogen-bond acceptors (Lipinski definition) is 9. The zero-order valence-electron chi connectivity index (χ0n) is 19.7. The number of nitriles is 1. The van der Waals surface area contributed by atoms with Crippen molar-refractivity contribution in [3.8, 4) is 28.7 Å². The van der Waals surface area contributed by atoms with Gasteiger partial charge in [-0.1, -0.05) is 23.4 Å². The van der Waals surface area contributed by atoms with Gasteiger partial charge >= 0.3 is 0 Å². The summed E-state index contributed by atoms with van der Waals surface area (Å²) in [4.78, 5) is 16.5. The second-order valence-corrected chi connectivity index (χ2v) is 8.99. The first-order valence-corrected chi connectivity index (χ1v) is 12.1. The van der Waals surface area contributed by atoms with Gasteiger partial charge in [0, 0.05) is 25.3 Å². The molecule has 2 saturated heterocycles. The molecular weight excluding hydrogens is 454 g/mol. The summed E-state index contributed by atoms with van der Waals surface area (Å²) in [7, 11) is 0. The summed E-state index contributed by atoms with van der Waals surface area (Å²) >= 11 is 0. The lowest BCUT2D eigenvalue weighted by Crippen LogP contribution is -2.37. The molecule has 0 spiro atoms. The average molecular weight is 480 g/mol. The normalized spacial score (nSPS) is 17.0. The molecular formula is C26H25N9O. The monoisotopic (exact) mass is 479 g/mol. The van der Waals surface area contributed by atoms with E-state index in [0.717, 1.165) is 43.2 Å². The minimum Gasteiger partial charge on any atom is -0.379 e. The smallest absolute Gasteiger partial charge is 0.224 e. The van der Waals surface area contributed by atoms with Crippen LogP contribution < -0.4 is 10.2 Å². The predicted octanol–water partition coefficient (Wildman–Crippen LogP) is 3.13. The van der Waals surface area contributed by atoms with Gasteiger partial charge in [-0.15, -0.1) is 5.10 Å². The van der Waals surface area contributed by atoms with E-state index in [1.165, 1.54) is 6.42 Å². The highest BCUT2D eigenvalue weighted by molar-refractivity contribution is 5.68. The fourth-order valence-corrected chi connectivity index (χ4v) is 4.31. The molecule has 0 unspecified atom stereocenters. The number of benzene rings is 1. The SMILES string of the molecule is N#Cc1cccc(-c2cc(-c3cn(Cc4cccc(N5CCC5)n4)nn3)nc(N[C@H]3CCOC3)n2)c1. The van der Waals surface area contributed by atoms with E-state index in [4.69, 9.17) is 19.7 Å². The van der Waals surface area contributed by atoms with Gasteiger partial charge in [0.2, 0.25) is 5.95 Å². The molecule has 36 heavy (non-hydrogen) atoms. The lowest BCUT2D eigenvalue weighted by atomic mass is 10.1. The summed E-state index contributed by atoms with van der Waals surface area (Å²) in [6.45, 7) is 3.96. The van der Waals surface area contributed by atoms with Crippen molar-refractivity contribution in [3.05, 3.63) is 66.0 Å². The van der Waals surface area contributed by atoms with E-state index >= 15 is 0 Å². The molecule has 1 N–H and O–H groups in total. The molecule has 1 atom stereocenters. The molecule has 3 aromatic heterocycles. The van der Waals surface area contributed by atoms with E-state index in [1.54, 1.807) is 10.7 Å². The van der Waals surface area contributed by atoms with Gasteiger partial charge in [0.15, 0.2) is 0 Å². The van der Waals surface area contributed by atoms with Crippen LogP contribution in [0.15, 0.2) is 54.7 Å². The first-order valence-electron chi connectivity index (χ1n) is 12.1. The molecule has 0 radical (unpaired) electrons. The quantitative estimate of drug-likeness (QED) is 0.426. The zero-order valence-corrected chi connectivity index (χ0v) is 19.7. The molecule has 6 rings (SSSR count). The molecule has 0 aliphatic carbocycles. The van der Waals surface area contributed by atoms with E-state index in [9.17, 15) is 5.26 Å². The van der Waals surface area contributed by atoms with Crippen LogP contribution >= 0.6 is 0 Å².